The molecule has 0 spiro atoms. The van der Waals surface area contributed by atoms with Gasteiger partial charge in [0.05, 0.1) is 11.2 Å². The van der Waals surface area contributed by atoms with Gasteiger partial charge in [0.2, 0.25) is 5.91 Å². The third-order valence-electron chi connectivity index (χ3n) is 4.18. The van der Waals surface area contributed by atoms with Crippen molar-refractivity contribution in [1.82, 2.24) is 9.13 Å². The minimum Gasteiger partial charge on any atom is -0.324 e. The van der Waals surface area contributed by atoms with E-state index < -0.39 is 5.69 Å². The van der Waals surface area contributed by atoms with E-state index >= 15 is 0 Å². The van der Waals surface area contributed by atoms with Crippen LogP contribution in [0.1, 0.15) is 0 Å². The normalized spacial score (nSPS) is 10.9. The second-order valence-electron chi connectivity index (χ2n) is 6.04. The van der Waals surface area contributed by atoms with E-state index in [2.05, 4.69) is 21.2 Å². The second-order valence-corrected chi connectivity index (χ2v) is 7.87. The van der Waals surface area contributed by atoms with Crippen molar-refractivity contribution in [2.45, 2.75) is 6.54 Å². The van der Waals surface area contributed by atoms with Crippen LogP contribution in [0.15, 0.2) is 80.1 Å². The number of amides is 1. The Bertz CT molecular complexity index is 1290. The van der Waals surface area contributed by atoms with Crippen LogP contribution in [0.25, 0.3) is 15.9 Å². The molecule has 0 unspecified atom stereocenters. The molecule has 2 aromatic heterocycles. The fourth-order valence-electron chi connectivity index (χ4n) is 2.96. The predicted octanol–water partition coefficient (Wildman–Crippen LogP) is 3.62. The summed E-state index contributed by atoms with van der Waals surface area (Å²) >= 11 is 4.61. The number of aromatic nitrogens is 2. The SMILES string of the molecule is O=C(Cn1c(=O)n(-c2ccccc2)c(=O)c2sccc21)Nc1cccc(Br)c1. The van der Waals surface area contributed by atoms with Crippen molar-refractivity contribution in [3.05, 3.63) is 91.4 Å². The summed E-state index contributed by atoms with van der Waals surface area (Å²) < 4.78 is 3.69. The third-order valence-corrected chi connectivity index (χ3v) is 5.56. The zero-order valence-corrected chi connectivity index (χ0v) is 16.9. The summed E-state index contributed by atoms with van der Waals surface area (Å²) in [5.74, 6) is -0.356. The van der Waals surface area contributed by atoms with Gasteiger partial charge in [0.15, 0.2) is 0 Å². The van der Waals surface area contributed by atoms with Crippen molar-refractivity contribution in [2.75, 3.05) is 5.32 Å². The Hall–Kier alpha value is -2.97. The zero-order valence-electron chi connectivity index (χ0n) is 14.5. The molecule has 0 aliphatic rings. The molecule has 28 heavy (non-hydrogen) atoms. The average molecular weight is 456 g/mol. The molecule has 8 heteroatoms. The maximum Gasteiger partial charge on any atom is 0.336 e. The van der Waals surface area contributed by atoms with Gasteiger partial charge in [-0.3, -0.25) is 14.2 Å². The Balaban J connectivity index is 1.79. The Morgan fingerprint density at radius 1 is 1.04 bits per heavy atom. The fraction of sp³-hybridized carbons (Fsp3) is 0.0500. The predicted molar refractivity (Wildman–Crippen MR) is 114 cm³/mol. The minimum atomic E-state index is -0.550. The molecule has 1 amide bonds. The summed E-state index contributed by atoms with van der Waals surface area (Å²) in [6.07, 6.45) is 0. The molecule has 0 bridgehead atoms. The first kappa shape index (κ1) is 18.4. The van der Waals surface area contributed by atoms with Gasteiger partial charge in [-0.2, -0.15) is 0 Å². The lowest BCUT2D eigenvalue weighted by Gasteiger charge is -2.12. The van der Waals surface area contributed by atoms with Crippen LogP contribution in [-0.4, -0.2) is 15.0 Å². The molecule has 0 radical (unpaired) electrons. The van der Waals surface area contributed by atoms with Crippen LogP contribution in [-0.2, 0) is 11.3 Å². The van der Waals surface area contributed by atoms with Gasteiger partial charge >= 0.3 is 5.69 Å². The zero-order chi connectivity index (χ0) is 19.7. The van der Waals surface area contributed by atoms with E-state index in [4.69, 9.17) is 0 Å². The maximum absolute atomic E-state index is 13.1. The number of rotatable bonds is 4. The fourth-order valence-corrected chi connectivity index (χ4v) is 4.18. The van der Waals surface area contributed by atoms with E-state index in [-0.39, 0.29) is 18.0 Å². The number of carbonyl (C=O) groups is 1. The first-order valence-corrected chi connectivity index (χ1v) is 10.1. The molecule has 0 saturated heterocycles. The number of hydrogen-bond acceptors (Lipinski definition) is 4. The lowest BCUT2D eigenvalue weighted by Crippen LogP contribution is -2.40. The van der Waals surface area contributed by atoms with Gasteiger partial charge in [0, 0.05) is 10.2 Å². The Morgan fingerprint density at radius 3 is 2.57 bits per heavy atom. The van der Waals surface area contributed by atoms with Gasteiger partial charge in [-0.05, 0) is 41.8 Å². The number of benzene rings is 2. The van der Waals surface area contributed by atoms with Crippen molar-refractivity contribution < 1.29 is 4.79 Å². The van der Waals surface area contributed by atoms with E-state index in [0.717, 1.165) is 9.04 Å². The molecule has 140 valence electrons. The molecule has 0 aliphatic heterocycles. The van der Waals surface area contributed by atoms with Crippen LogP contribution in [0.3, 0.4) is 0 Å². The van der Waals surface area contributed by atoms with Crippen LogP contribution < -0.4 is 16.6 Å². The third kappa shape index (κ3) is 3.44. The number of hydrogen-bond donors (Lipinski definition) is 1. The summed E-state index contributed by atoms with van der Waals surface area (Å²) in [5.41, 5.74) is 0.604. The summed E-state index contributed by atoms with van der Waals surface area (Å²) in [5, 5.41) is 4.52. The minimum absolute atomic E-state index is 0.203. The van der Waals surface area contributed by atoms with Crippen molar-refractivity contribution >= 4 is 49.1 Å². The molecule has 0 atom stereocenters. The summed E-state index contributed by atoms with van der Waals surface area (Å²) in [4.78, 5) is 38.5. The van der Waals surface area contributed by atoms with E-state index in [1.54, 1.807) is 53.9 Å². The summed E-state index contributed by atoms with van der Waals surface area (Å²) in [7, 11) is 0. The number of para-hydroxylation sites is 1. The lowest BCUT2D eigenvalue weighted by molar-refractivity contribution is -0.116. The molecule has 6 nitrogen and oxygen atoms in total. The number of thiophene rings is 1. The van der Waals surface area contributed by atoms with Crippen molar-refractivity contribution in [3.8, 4) is 5.69 Å². The lowest BCUT2D eigenvalue weighted by atomic mass is 10.3. The largest absolute Gasteiger partial charge is 0.336 e. The van der Waals surface area contributed by atoms with Crippen molar-refractivity contribution in [1.29, 1.82) is 0 Å². The Labute approximate surface area is 171 Å². The van der Waals surface area contributed by atoms with E-state index in [1.165, 1.54) is 15.9 Å². The van der Waals surface area contributed by atoms with Crippen LogP contribution in [0.4, 0.5) is 5.69 Å². The highest BCUT2D eigenvalue weighted by atomic mass is 79.9. The topological polar surface area (TPSA) is 73.1 Å². The highest BCUT2D eigenvalue weighted by Crippen LogP contribution is 2.18. The van der Waals surface area contributed by atoms with Crippen LogP contribution in [0.5, 0.6) is 0 Å². The van der Waals surface area contributed by atoms with Gasteiger partial charge in [-0.1, -0.05) is 40.2 Å². The van der Waals surface area contributed by atoms with E-state index in [9.17, 15) is 14.4 Å². The van der Waals surface area contributed by atoms with Gasteiger partial charge in [0.1, 0.15) is 11.2 Å². The molecular formula is C20H14BrN3O3S. The number of carbonyl (C=O) groups excluding carboxylic acids is 1. The van der Waals surface area contributed by atoms with Crippen molar-refractivity contribution in [2.24, 2.45) is 0 Å². The summed E-state index contributed by atoms with van der Waals surface area (Å²) in [6.45, 7) is -0.203. The number of anilines is 1. The van der Waals surface area contributed by atoms with Gasteiger partial charge in [0.25, 0.3) is 5.56 Å². The number of nitrogens with one attached hydrogen (secondary N) is 1. The Kier molecular flexibility index (Phi) is 4.97. The van der Waals surface area contributed by atoms with Crippen LogP contribution in [0, 0.1) is 0 Å². The highest BCUT2D eigenvalue weighted by molar-refractivity contribution is 9.10. The van der Waals surface area contributed by atoms with Gasteiger partial charge < -0.3 is 5.32 Å². The molecule has 2 aromatic carbocycles. The quantitative estimate of drug-likeness (QED) is 0.510. The smallest absolute Gasteiger partial charge is 0.324 e. The first-order chi connectivity index (χ1) is 13.5. The van der Waals surface area contributed by atoms with Gasteiger partial charge in [-0.25, -0.2) is 9.36 Å². The maximum atomic E-state index is 13.1. The number of halogens is 1. The number of fused-ring (bicyclic) bond motifs is 1. The number of nitrogens with zero attached hydrogens (tertiary/aromatic N) is 2. The molecular weight excluding hydrogens is 442 g/mol. The van der Waals surface area contributed by atoms with Crippen LogP contribution in [0.2, 0.25) is 0 Å². The molecule has 0 aliphatic carbocycles. The van der Waals surface area contributed by atoms with Crippen molar-refractivity contribution in [3.63, 3.8) is 0 Å². The molecule has 0 fully saturated rings. The highest BCUT2D eigenvalue weighted by Gasteiger charge is 2.17. The monoisotopic (exact) mass is 455 g/mol. The molecule has 4 aromatic rings. The molecule has 4 rings (SSSR count). The molecule has 2 heterocycles. The average Bonchev–Trinajstić information content (AvgIpc) is 3.16. The first-order valence-electron chi connectivity index (χ1n) is 8.38. The second kappa shape index (κ2) is 7.57. The van der Waals surface area contributed by atoms with Crippen LogP contribution >= 0.6 is 27.3 Å². The standard InChI is InChI=1S/C20H14BrN3O3S/c21-13-5-4-6-14(11-13)22-17(25)12-23-16-9-10-28-18(16)19(26)24(20(23)27)15-7-2-1-3-8-15/h1-11H,12H2,(H,22,25). The van der Waals surface area contributed by atoms with E-state index in [1.807, 2.05) is 12.1 Å². The summed E-state index contributed by atoms with van der Waals surface area (Å²) in [6, 6.07) is 17.6. The Morgan fingerprint density at radius 2 is 1.82 bits per heavy atom. The molecule has 0 saturated carbocycles. The van der Waals surface area contributed by atoms with Gasteiger partial charge in [-0.15, -0.1) is 11.3 Å². The molecule has 1 N–H and O–H groups in total. The van der Waals surface area contributed by atoms with E-state index in [0.29, 0.717) is 21.6 Å².